The Hall–Kier alpha value is -2.53. The summed E-state index contributed by atoms with van der Waals surface area (Å²) in [5.74, 6) is 0.529. The van der Waals surface area contributed by atoms with Crippen LogP contribution in [0.15, 0.2) is 48.5 Å². The van der Waals surface area contributed by atoms with Crippen molar-refractivity contribution in [3.05, 3.63) is 59.1 Å². The molecule has 0 spiro atoms. The van der Waals surface area contributed by atoms with E-state index in [4.69, 9.17) is 16.3 Å². The van der Waals surface area contributed by atoms with Crippen LogP contribution in [0.3, 0.4) is 0 Å². The van der Waals surface area contributed by atoms with Gasteiger partial charge in [-0.15, -0.1) is 0 Å². The van der Waals surface area contributed by atoms with Crippen LogP contribution in [-0.4, -0.2) is 36.4 Å². The maximum Gasteiger partial charge on any atom is 0.260 e. The van der Waals surface area contributed by atoms with Gasteiger partial charge in [-0.3, -0.25) is 9.59 Å². The molecule has 1 aliphatic heterocycles. The van der Waals surface area contributed by atoms with Crippen LogP contribution in [-0.2, 0) is 9.59 Å². The molecule has 5 nitrogen and oxygen atoms in total. The van der Waals surface area contributed by atoms with Crippen LogP contribution in [0.5, 0.6) is 5.75 Å². The Balaban J connectivity index is 1.43. The molecule has 2 aromatic rings. The number of rotatable bonds is 5. The van der Waals surface area contributed by atoms with Gasteiger partial charge in [-0.2, -0.15) is 0 Å². The van der Waals surface area contributed by atoms with Crippen molar-refractivity contribution in [2.75, 3.05) is 25.0 Å². The molecule has 0 unspecified atom stereocenters. The number of ether oxygens (including phenoxy) is 1. The predicted octanol–water partition coefficient (Wildman–Crippen LogP) is 3.90. The zero-order chi connectivity index (χ0) is 19.2. The van der Waals surface area contributed by atoms with Crippen LogP contribution in [0, 0.1) is 12.8 Å². The second-order valence-electron chi connectivity index (χ2n) is 6.75. The van der Waals surface area contributed by atoms with Crippen LogP contribution >= 0.6 is 11.6 Å². The average Bonchev–Trinajstić information content (AvgIpc) is 2.69. The molecule has 0 aromatic heterocycles. The highest BCUT2D eigenvalue weighted by atomic mass is 35.5. The number of aryl methyl sites for hydroxylation is 1. The summed E-state index contributed by atoms with van der Waals surface area (Å²) in [6, 6.07) is 14.7. The van der Waals surface area contributed by atoms with Crippen molar-refractivity contribution >= 4 is 29.1 Å². The number of benzene rings is 2. The summed E-state index contributed by atoms with van der Waals surface area (Å²) in [5.41, 5.74) is 1.88. The summed E-state index contributed by atoms with van der Waals surface area (Å²) in [6.07, 6.45) is 1.30. The van der Waals surface area contributed by atoms with E-state index in [1.54, 1.807) is 29.2 Å². The lowest BCUT2D eigenvalue weighted by molar-refractivity contribution is -0.136. The molecule has 0 saturated carbocycles. The average molecular weight is 387 g/mol. The molecule has 142 valence electrons. The van der Waals surface area contributed by atoms with E-state index in [9.17, 15) is 9.59 Å². The molecule has 6 heteroatoms. The molecule has 2 aromatic carbocycles. The second-order valence-corrected chi connectivity index (χ2v) is 7.19. The highest BCUT2D eigenvalue weighted by molar-refractivity contribution is 6.30. The summed E-state index contributed by atoms with van der Waals surface area (Å²) in [5, 5.41) is 3.54. The Labute approximate surface area is 164 Å². The first-order chi connectivity index (χ1) is 13.0. The molecule has 1 heterocycles. The van der Waals surface area contributed by atoms with Crippen LogP contribution < -0.4 is 10.1 Å². The van der Waals surface area contributed by atoms with Gasteiger partial charge in [-0.1, -0.05) is 29.3 Å². The second kappa shape index (κ2) is 8.91. The summed E-state index contributed by atoms with van der Waals surface area (Å²) in [7, 11) is 0. The lowest BCUT2D eigenvalue weighted by atomic mass is 9.95. The first-order valence-corrected chi connectivity index (χ1v) is 9.43. The van der Waals surface area contributed by atoms with Gasteiger partial charge in [-0.25, -0.2) is 0 Å². The molecule has 1 N–H and O–H groups in total. The fourth-order valence-corrected chi connectivity index (χ4v) is 3.17. The van der Waals surface area contributed by atoms with E-state index in [0.717, 1.165) is 11.3 Å². The van der Waals surface area contributed by atoms with Crippen LogP contribution in [0.4, 0.5) is 5.69 Å². The van der Waals surface area contributed by atoms with E-state index in [1.807, 2.05) is 31.2 Å². The number of hydrogen-bond acceptors (Lipinski definition) is 3. The van der Waals surface area contributed by atoms with E-state index in [-0.39, 0.29) is 24.3 Å². The number of carbonyl (C=O) groups excluding carboxylic acids is 2. The normalized spacial score (nSPS) is 14.7. The number of piperidine rings is 1. The van der Waals surface area contributed by atoms with Crippen LogP contribution in [0.2, 0.25) is 5.02 Å². The third-order valence-electron chi connectivity index (χ3n) is 4.71. The number of nitrogens with zero attached hydrogens (tertiary/aromatic N) is 1. The van der Waals surface area contributed by atoms with E-state index < -0.39 is 0 Å². The smallest absolute Gasteiger partial charge is 0.260 e. The molecule has 0 atom stereocenters. The summed E-state index contributed by atoms with van der Waals surface area (Å²) in [4.78, 5) is 26.5. The topological polar surface area (TPSA) is 58.6 Å². The van der Waals surface area contributed by atoms with Crippen molar-refractivity contribution in [3.8, 4) is 5.75 Å². The number of nitrogens with one attached hydrogen (secondary N) is 1. The van der Waals surface area contributed by atoms with Gasteiger partial charge in [0.2, 0.25) is 5.91 Å². The molecule has 1 fully saturated rings. The number of amides is 2. The SMILES string of the molecule is Cc1ccc(OCC(=O)N2CCC(C(=O)Nc3ccc(Cl)cc3)CC2)cc1. The molecule has 0 bridgehead atoms. The van der Waals surface area contributed by atoms with E-state index in [0.29, 0.717) is 36.7 Å². The van der Waals surface area contributed by atoms with E-state index in [2.05, 4.69) is 5.32 Å². The Morgan fingerprint density at radius 3 is 2.33 bits per heavy atom. The maximum atomic E-state index is 12.4. The van der Waals surface area contributed by atoms with Gasteiger partial charge in [0.1, 0.15) is 5.75 Å². The van der Waals surface area contributed by atoms with Gasteiger partial charge in [0, 0.05) is 29.7 Å². The third-order valence-corrected chi connectivity index (χ3v) is 4.97. The highest BCUT2D eigenvalue weighted by Gasteiger charge is 2.27. The molecular weight excluding hydrogens is 364 g/mol. The Kier molecular flexibility index (Phi) is 6.35. The van der Waals surface area contributed by atoms with Gasteiger partial charge in [0.15, 0.2) is 6.61 Å². The maximum absolute atomic E-state index is 12.4. The molecule has 3 rings (SSSR count). The first kappa shape index (κ1) is 19.2. The van der Waals surface area contributed by atoms with E-state index in [1.165, 1.54) is 0 Å². The Bertz CT molecular complexity index is 782. The van der Waals surface area contributed by atoms with Crippen molar-refractivity contribution < 1.29 is 14.3 Å². The quantitative estimate of drug-likeness (QED) is 0.847. The lowest BCUT2D eigenvalue weighted by Gasteiger charge is -2.31. The molecule has 27 heavy (non-hydrogen) atoms. The minimum absolute atomic E-state index is 0.0136. The minimum Gasteiger partial charge on any atom is -0.484 e. The van der Waals surface area contributed by atoms with Crippen molar-refractivity contribution in [2.45, 2.75) is 19.8 Å². The summed E-state index contributed by atoms with van der Waals surface area (Å²) >= 11 is 5.85. The van der Waals surface area contributed by atoms with Gasteiger partial charge in [-0.05, 0) is 56.2 Å². The fraction of sp³-hybridized carbons (Fsp3) is 0.333. The number of halogens is 1. The molecule has 2 amide bonds. The summed E-state index contributed by atoms with van der Waals surface area (Å²) < 4.78 is 5.56. The summed E-state index contributed by atoms with van der Waals surface area (Å²) in [6.45, 7) is 3.15. The van der Waals surface area contributed by atoms with Crippen molar-refractivity contribution in [1.82, 2.24) is 4.90 Å². The van der Waals surface area contributed by atoms with Crippen LogP contribution in [0.25, 0.3) is 0 Å². The Morgan fingerprint density at radius 2 is 1.70 bits per heavy atom. The van der Waals surface area contributed by atoms with Crippen molar-refractivity contribution in [1.29, 1.82) is 0 Å². The fourth-order valence-electron chi connectivity index (χ4n) is 3.04. The largest absolute Gasteiger partial charge is 0.484 e. The van der Waals surface area contributed by atoms with Gasteiger partial charge < -0.3 is 15.0 Å². The number of likely N-dealkylation sites (tertiary alicyclic amines) is 1. The molecule has 1 saturated heterocycles. The monoisotopic (exact) mass is 386 g/mol. The molecule has 0 radical (unpaired) electrons. The number of carbonyl (C=O) groups is 2. The van der Waals surface area contributed by atoms with Crippen molar-refractivity contribution in [3.63, 3.8) is 0 Å². The molecule has 0 aliphatic carbocycles. The number of hydrogen-bond donors (Lipinski definition) is 1. The van der Waals surface area contributed by atoms with Crippen LogP contribution in [0.1, 0.15) is 18.4 Å². The molecular formula is C21H23ClN2O3. The Morgan fingerprint density at radius 1 is 1.07 bits per heavy atom. The standard InChI is InChI=1S/C21H23ClN2O3/c1-15-2-8-19(9-3-15)27-14-20(25)24-12-10-16(11-13-24)21(26)23-18-6-4-17(22)5-7-18/h2-9,16H,10-14H2,1H3,(H,23,26). The lowest BCUT2D eigenvalue weighted by Crippen LogP contribution is -2.43. The zero-order valence-corrected chi connectivity index (χ0v) is 16.0. The first-order valence-electron chi connectivity index (χ1n) is 9.05. The van der Waals surface area contributed by atoms with E-state index >= 15 is 0 Å². The highest BCUT2D eigenvalue weighted by Crippen LogP contribution is 2.21. The van der Waals surface area contributed by atoms with Gasteiger partial charge in [0.25, 0.3) is 5.91 Å². The minimum atomic E-state index is -0.0947. The number of anilines is 1. The van der Waals surface area contributed by atoms with Gasteiger partial charge >= 0.3 is 0 Å². The zero-order valence-electron chi connectivity index (χ0n) is 15.3. The predicted molar refractivity (Wildman–Crippen MR) is 106 cm³/mol. The van der Waals surface area contributed by atoms with Crippen molar-refractivity contribution in [2.24, 2.45) is 5.92 Å². The third kappa shape index (κ3) is 5.47. The van der Waals surface area contributed by atoms with Gasteiger partial charge in [0.05, 0.1) is 0 Å². The molecule has 1 aliphatic rings.